The molecule has 25 heavy (non-hydrogen) atoms. The van der Waals surface area contributed by atoms with Crippen LogP contribution in [-0.2, 0) is 6.54 Å². The molecule has 0 unspecified atom stereocenters. The predicted molar refractivity (Wildman–Crippen MR) is 96.7 cm³/mol. The summed E-state index contributed by atoms with van der Waals surface area (Å²) >= 11 is 0. The van der Waals surface area contributed by atoms with E-state index in [1.165, 1.54) is 12.1 Å². The van der Waals surface area contributed by atoms with Crippen molar-refractivity contribution in [1.29, 1.82) is 0 Å². The smallest absolute Gasteiger partial charge is 0.223 e. The molecule has 0 aliphatic carbocycles. The second-order valence-corrected chi connectivity index (χ2v) is 6.05. The molecule has 2 aromatic heterocycles. The Kier molecular flexibility index (Phi) is 5.07. The molecule has 0 saturated heterocycles. The van der Waals surface area contributed by atoms with Crippen LogP contribution in [0.5, 0.6) is 0 Å². The van der Waals surface area contributed by atoms with E-state index in [-0.39, 0.29) is 11.9 Å². The van der Waals surface area contributed by atoms with Crippen LogP contribution in [0.25, 0.3) is 11.3 Å². The molecule has 0 fully saturated rings. The zero-order valence-electron chi connectivity index (χ0n) is 14.7. The first kappa shape index (κ1) is 17.1. The van der Waals surface area contributed by atoms with Gasteiger partial charge in [0.2, 0.25) is 5.95 Å². The average Bonchev–Trinajstić information content (AvgIpc) is 2.97. The van der Waals surface area contributed by atoms with E-state index >= 15 is 0 Å². The van der Waals surface area contributed by atoms with E-state index in [2.05, 4.69) is 27.3 Å². The summed E-state index contributed by atoms with van der Waals surface area (Å²) < 4.78 is 15.1. The van der Waals surface area contributed by atoms with Crippen LogP contribution < -0.4 is 5.32 Å². The summed E-state index contributed by atoms with van der Waals surface area (Å²) in [7, 11) is 0. The molecule has 0 aliphatic rings. The van der Waals surface area contributed by atoms with Gasteiger partial charge in [0.1, 0.15) is 5.82 Å². The van der Waals surface area contributed by atoms with Crippen LogP contribution in [0.4, 0.5) is 10.3 Å². The van der Waals surface area contributed by atoms with E-state index in [0.29, 0.717) is 5.95 Å². The molecule has 0 bridgehead atoms. The molecule has 0 spiro atoms. The highest BCUT2D eigenvalue weighted by molar-refractivity contribution is 5.61. The number of benzene rings is 1. The number of nitrogens with zero attached hydrogens (tertiary/aromatic N) is 4. The first-order valence-corrected chi connectivity index (χ1v) is 8.46. The van der Waals surface area contributed by atoms with Gasteiger partial charge in [0.05, 0.1) is 17.9 Å². The highest BCUT2D eigenvalue weighted by atomic mass is 19.1. The summed E-state index contributed by atoms with van der Waals surface area (Å²) in [5, 5.41) is 7.70. The van der Waals surface area contributed by atoms with Crippen molar-refractivity contribution in [3.05, 3.63) is 59.8 Å². The summed E-state index contributed by atoms with van der Waals surface area (Å²) in [4.78, 5) is 8.91. The maximum atomic E-state index is 13.1. The molecule has 0 amide bonds. The average molecular weight is 339 g/mol. The van der Waals surface area contributed by atoms with Crippen molar-refractivity contribution in [3.63, 3.8) is 0 Å². The van der Waals surface area contributed by atoms with Crippen molar-refractivity contribution < 1.29 is 4.39 Å². The van der Waals surface area contributed by atoms with E-state index < -0.39 is 0 Å². The standard InChI is InChI=1S/C19H22FN5/c1-4-11-25-14(3)17(12-22-25)18-9-10-21-19(24-18)23-13(2)15-5-7-16(20)8-6-15/h5-10,12-13H,4,11H2,1-3H3,(H,21,23,24)/t13-/m0/s1. The van der Waals surface area contributed by atoms with E-state index in [4.69, 9.17) is 0 Å². The number of nitrogens with one attached hydrogen (secondary N) is 1. The fourth-order valence-electron chi connectivity index (χ4n) is 2.74. The minimum absolute atomic E-state index is 0.0280. The Morgan fingerprint density at radius 1 is 1.20 bits per heavy atom. The van der Waals surface area contributed by atoms with Crippen LogP contribution in [0, 0.1) is 12.7 Å². The molecule has 0 aliphatic heterocycles. The number of hydrogen-bond acceptors (Lipinski definition) is 4. The lowest BCUT2D eigenvalue weighted by Gasteiger charge is -2.14. The Morgan fingerprint density at radius 3 is 2.68 bits per heavy atom. The molecule has 0 saturated carbocycles. The van der Waals surface area contributed by atoms with Crippen LogP contribution in [0.3, 0.4) is 0 Å². The normalized spacial score (nSPS) is 12.2. The lowest BCUT2D eigenvalue weighted by atomic mass is 10.1. The summed E-state index contributed by atoms with van der Waals surface area (Å²) in [5.41, 5.74) is 3.91. The summed E-state index contributed by atoms with van der Waals surface area (Å²) in [6.45, 7) is 7.07. The molecule has 5 nitrogen and oxygen atoms in total. The predicted octanol–water partition coefficient (Wildman–Crippen LogP) is 4.37. The van der Waals surface area contributed by atoms with Gasteiger partial charge in [0.25, 0.3) is 0 Å². The molecule has 6 heteroatoms. The topological polar surface area (TPSA) is 55.6 Å². The van der Waals surface area contributed by atoms with Crippen molar-refractivity contribution in [2.24, 2.45) is 0 Å². The summed E-state index contributed by atoms with van der Waals surface area (Å²) in [6.07, 6.45) is 4.62. The van der Waals surface area contributed by atoms with Crippen LogP contribution in [0.15, 0.2) is 42.7 Å². The third-order valence-corrected chi connectivity index (χ3v) is 4.19. The lowest BCUT2D eigenvalue weighted by Crippen LogP contribution is -2.09. The Labute approximate surface area is 146 Å². The minimum Gasteiger partial charge on any atom is -0.348 e. The van der Waals surface area contributed by atoms with Crippen LogP contribution in [0.1, 0.15) is 37.6 Å². The maximum absolute atomic E-state index is 13.1. The summed E-state index contributed by atoms with van der Waals surface area (Å²) in [5.74, 6) is 0.297. The highest BCUT2D eigenvalue weighted by Gasteiger charge is 2.12. The Balaban J connectivity index is 1.81. The van der Waals surface area contributed by atoms with Gasteiger partial charge in [-0.1, -0.05) is 19.1 Å². The van der Waals surface area contributed by atoms with E-state index in [0.717, 1.165) is 35.5 Å². The quantitative estimate of drug-likeness (QED) is 0.724. The van der Waals surface area contributed by atoms with Crippen molar-refractivity contribution >= 4 is 5.95 Å². The fourth-order valence-corrected chi connectivity index (χ4v) is 2.74. The highest BCUT2D eigenvalue weighted by Crippen LogP contribution is 2.23. The maximum Gasteiger partial charge on any atom is 0.223 e. The minimum atomic E-state index is -0.242. The second-order valence-electron chi connectivity index (χ2n) is 6.05. The van der Waals surface area contributed by atoms with E-state index in [9.17, 15) is 4.39 Å². The van der Waals surface area contributed by atoms with Gasteiger partial charge in [-0.2, -0.15) is 5.10 Å². The number of anilines is 1. The number of halogens is 1. The zero-order chi connectivity index (χ0) is 17.8. The SMILES string of the molecule is CCCn1ncc(-c2ccnc(N[C@@H](C)c3ccc(F)cc3)n2)c1C. The molecule has 3 rings (SSSR count). The molecular formula is C19H22FN5. The lowest BCUT2D eigenvalue weighted by molar-refractivity contribution is 0.587. The molecule has 2 heterocycles. The van der Waals surface area contributed by atoms with Gasteiger partial charge in [0.15, 0.2) is 0 Å². The monoisotopic (exact) mass is 339 g/mol. The Morgan fingerprint density at radius 2 is 1.96 bits per heavy atom. The van der Waals surface area contributed by atoms with Crippen molar-refractivity contribution in [3.8, 4) is 11.3 Å². The molecular weight excluding hydrogens is 317 g/mol. The van der Waals surface area contributed by atoms with E-state index in [1.54, 1.807) is 18.3 Å². The summed E-state index contributed by atoms with van der Waals surface area (Å²) in [6, 6.07) is 8.28. The van der Waals surface area contributed by atoms with Gasteiger partial charge in [0, 0.05) is 24.0 Å². The third-order valence-electron chi connectivity index (χ3n) is 4.19. The van der Waals surface area contributed by atoms with Crippen molar-refractivity contribution in [2.45, 2.75) is 39.8 Å². The van der Waals surface area contributed by atoms with Gasteiger partial charge < -0.3 is 5.32 Å². The van der Waals surface area contributed by atoms with Crippen LogP contribution in [0.2, 0.25) is 0 Å². The number of rotatable bonds is 6. The first-order valence-electron chi connectivity index (χ1n) is 8.46. The Hall–Kier alpha value is -2.76. The first-order chi connectivity index (χ1) is 12.1. The van der Waals surface area contributed by atoms with Crippen LogP contribution in [-0.4, -0.2) is 19.7 Å². The van der Waals surface area contributed by atoms with Gasteiger partial charge in [-0.25, -0.2) is 14.4 Å². The number of hydrogen-bond donors (Lipinski definition) is 1. The Bertz CT molecular complexity index is 841. The van der Waals surface area contributed by atoms with E-state index in [1.807, 2.05) is 30.8 Å². The molecule has 1 N–H and O–H groups in total. The van der Waals surface area contributed by atoms with Crippen LogP contribution >= 0.6 is 0 Å². The molecule has 3 aromatic rings. The third kappa shape index (κ3) is 3.84. The van der Waals surface area contributed by atoms with Gasteiger partial charge in [-0.3, -0.25) is 4.68 Å². The largest absolute Gasteiger partial charge is 0.348 e. The zero-order valence-corrected chi connectivity index (χ0v) is 14.7. The number of aryl methyl sites for hydroxylation is 1. The second kappa shape index (κ2) is 7.42. The molecule has 1 aromatic carbocycles. The number of aromatic nitrogens is 4. The van der Waals surface area contributed by atoms with Crippen molar-refractivity contribution in [1.82, 2.24) is 19.7 Å². The fraction of sp³-hybridized carbons (Fsp3) is 0.316. The van der Waals surface area contributed by atoms with Gasteiger partial charge in [-0.15, -0.1) is 0 Å². The van der Waals surface area contributed by atoms with Gasteiger partial charge >= 0.3 is 0 Å². The molecule has 0 radical (unpaired) electrons. The van der Waals surface area contributed by atoms with Crippen molar-refractivity contribution in [2.75, 3.05) is 5.32 Å². The molecule has 130 valence electrons. The molecule has 1 atom stereocenters. The van der Waals surface area contributed by atoms with Gasteiger partial charge in [-0.05, 0) is 44.0 Å².